The number of hydrogen-bond donors (Lipinski definition) is 0. The molecule has 2 aromatic carbocycles. The number of amides is 1. The van der Waals surface area contributed by atoms with E-state index >= 15 is 0 Å². The molecule has 0 saturated heterocycles. The molecule has 2 heterocycles. The molecule has 1 amide bonds. The zero-order valence-corrected chi connectivity index (χ0v) is 19.7. The zero-order chi connectivity index (χ0) is 23.8. The fraction of sp³-hybridized carbons (Fsp3) is 0.286. The molecule has 0 N–H and O–H groups in total. The highest BCUT2D eigenvalue weighted by atomic mass is 32.2. The summed E-state index contributed by atoms with van der Waals surface area (Å²) in [6.45, 7) is 0.377. The van der Waals surface area contributed by atoms with Crippen molar-refractivity contribution in [3.8, 4) is 11.5 Å². The molecule has 1 aliphatic heterocycles. The van der Waals surface area contributed by atoms with Crippen LogP contribution in [-0.2, 0) is 26.1 Å². The number of thiazole rings is 1. The Morgan fingerprint density at radius 1 is 1.15 bits per heavy atom. The minimum atomic E-state index is -3.60. The third-order valence-corrected chi connectivity index (χ3v) is 7.89. The Hall–Kier alpha value is -3.22. The summed E-state index contributed by atoms with van der Waals surface area (Å²) in [6, 6.07) is 9.17. The Bertz CT molecular complexity index is 1400. The van der Waals surface area contributed by atoms with Crippen molar-refractivity contribution >= 4 is 43.5 Å². The SMILES string of the molecule is COC(=O)CCn1c(=NC(=O)c2ccc(S(=O)(=O)N(C)C)cc2)sc2cc3c(cc21)OCO3. The van der Waals surface area contributed by atoms with Gasteiger partial charge in [-0.3, -0.25) is 9.59 Å². The van der Waals surface area contributed by atoms with E-state index in [9.17, 15) is 18.0 Å². The number of methoxy groups -OCH3 is 1. The fourth-order valence-electron chi connectivity index (χ4n) is 3.20. The molecule has 10 nitrogen and oxygen atoms in total. The lowest BCUT2D eigenvalue weighted by Crippen LogP contribution is -2.22. The first-order valence-corrected chi connectivity index (χ1v) is 12.1. The summed E-state index contributed by atoms with van der Waals surface area (Å²) in [5.41, 5.74) is 0.978. The van der Waals surface area contributed by atoms with Gasteiger partial charge >= 0.3 is 5.97 Å². The molecule has 0 unspecified atom stereocenters. The number of sulfonamides is 1. The lowest BCUT2D eigenvalue weighted by atomic mass is 10.2. The first-order chi connectivity index (χ1) is 15.7. The summed E-state index contributed by atoms with van der Waals surface area (Å²) in [6.07, 6.45) is 0.0925. The number of carbonyl (C=O) groups is 2. The lowest BCUT2D eigenvalue weighted by Gasteiger charge is -2.11. The van der Waals surface area contributed by atoms with E-state index in [2.05, 4.69) is 4.99 Å². The topological polar surface area (TPSA) is 117 Å². The maximum atomic E-state index is 12.9. The molecule has 12 heteroatoms. The molecule has 0 saturated carbocycles. The van der Waals surface area contributed by atoms with Gasteiger partial charge in [-0.1, -0.05) is 11.3 Å². The predicted molar refractivity (Wildman–Crippen MR) is 120 cm³/mol. The highest BCUT2D eigenvalue weighted by molar-refractivity contribution is 7.89. The molecule has 1 aromatic heterocycles. The molecule has 0 atom stereocenters. The Labute approximate surface area is 193 Å². The van der Waals surface area contributed by atoms with E-state index in [1.807, 2.05) is 0 Å². The first-order valence-electron chi connectivity index (χ1n) is 9.82. The third-order valence-electron chi connectivity index (χ3n) is 5.02. The van der Waals surface area contributed by atoms with Gasteiger partial charge in [0.15, 0.2) is 16.3 Å². The number of benzene rings is 2. The van der Waals surface area contributed by atoms with Crippen molar-refractivity contribution in [2.75, 3.05) is 28.0 Å². The molecule has 0 bridgehead atoms. The van der Waals surface area contributed by atoms with E-state index in [0.717, 1.165) is 14.5 Å². The number of carbonyl (C=O) groups excluding carboxylic acids is 2. The van der Waals surface area contributed by atoms with Crippen LogP contribution in [0.5, 0.6) is 11.5 Å². The number of hydrogen-bond acceptors (Lipinski definition) is 8. The van der Waals surface area contributed by atoms with Gasteiger partial charge in [-0.05, 0) is 24.3 Å². The summed E-state index contributed by atoms with van der Waals surface area (Å²) >= 11 is 1.27. The van der Waals surface area contributed by atoms with Crippen molar-refractivity contribution in [2.24, 2.45) is 4.99 Å². The normalized spacial score (nSPS) is 13.6. The summed E-state index contributed by atoms with van der Waals surface area (Å²) in [5, 5.41) is 0. The average Bonchev–Trinajstić information content (AvgIpc) is 3.38. The number of fused-ring (bicyclic) bond motifs is 2. The van der Waals surface area contributed by atoms with Crippen molar-refractivity contribution in [3.63, 3.8) is 0 Å². The molecular formula is C21H21N3O7S2. The second kappa shape index (κ2) is 8.96. The molecule has 3 aromatic rings. The standard InChI is InChI=1S/C21H21N3O7S2/c1-23(2)33(27,28)14-6-4-13(5-7-14)20(26)22-21-24(9-8-19(25)29-3)15-10-16-17(31-12-30-16)11-18(15)32-21/h4-7,10-11H,8-9,12H2,1-3H3. The van der Waals surface area contributed by atoms with Crippen molar-refractivity contribution in [1.82, 2.24) is 8.87 Å². The van der Waals surface area contributed by atoms with Crippen LogP contribution in [0.15, 0.2) is 46.3 Å². The molecule has 33 heavy (non-hydrogen) atoms. The van der Waals surface area contributed by atoms with Gasteiger partial charge in [0, 0.05) is 38.3 Å². The van der Waals surface area contributed by atoms with E-state index in [-0.39, 0.29) is 30.2 Å². The van der Waals surface area contributed by atoms with Gasteiger partial charge in [-0.15, -0.1) is 0 Å². The average molecular weight is 492 g/mol. The van der Waals surface area contributed by atoms with E-state index in [0.29, 0.717) is 16.3 Å². The molecule has 174 valence electrons. The molecule has 0 fully saturated rings. The fourth-order valence-corrected chi connectivity index (χ4v) is 5.16. The van der Waals surface area contributed by atoms with Crippen LogP contribution in [0, 0.1) is 0 Å². The molecular weight excluding hydrogens is 470 g/mol. The quantitative estimate of drug-likeness (QED) is 0.484. The van der Waals surface area contributed by atoms with Gasteiger partial charge in [-0.25, -0.2) is 12.7 Å². The number of rotatable bonds is 6. The van der Waals surface area contributed by atoms with Crippen molar-refractivity contribution in [1.29, 1.82) is 0 Å². The summed E-state index contributed by atoms with van der Waals surface area (Å²) < 4.78 is 43.8. The number of aryl methyl sites for hydroxylation is 1. The molecule has 0 aliphatic carbocycles. The van der Waals surface area contributed by atoms with Gasteiger partial charge < -0.3 is 18.8 Å². The van der Waals surface area contributed by atoms with Crippen molar-refractivity contribution < 1.29 is 32.2 Å². The zero-order valence-electron chi connectivity index (χ0n) is 18.1. The van der Waals surface area contributed by atoms with E-state index in [1.54, 1.807) is 16.7 Å². The smallest absolute Gasteiger partial charge is 0.307 e. The van der Waals surface area contributed by atoms with Crippen LogP contribution in [-0.4, -0.2) is 57.2 Å². The maximum Gasteiger partial charge on any atom is 0.307 e. The molecule has 4 rings (SSSR count). The van der Waals surface area contributed by atoms with Gasteiger partial charge in [0.25, 0.3) is 5.91 Å². The summed E-state index contributed by atoms with van der Waals surface area (Å²) in [5.74, 6) is 0.238. The predicted octanol–water partition coefficient (Wildman–Crippen LogP) is 1.99. The third kappa shape index (κ3) is 4.49. The monoisotopic (exact) mass is 491 g/mol. The second-order valence-corrected chi connectivity index (χ2v) is 10.4. The van der Waals surface area contributed by atoms with Crippen LogP contribution >= 0.6 is 11.3 Å². The second-order valence-electron chi connectivity index (χ2n) is 7.26. The van der Waals surface area contributed by atoms with Crippen molar-refractivity contribution in [3.05, 3.63) is 46.8 Å². The van der Waals surface area contributed by atoms with Gasteiger partial charge in [0.1, 0.15) is 0 Å². The van der Waals surface area contributed by atoms with Crippen LogP contribution in [0.3, 0.4) is 0 Å². The Kier molecular flexibility index (Phi) is 6.23. The highest BCUT2D eigenvalue weighted by Gasteiger charge is 2.20. The summed E-state index contributed by atoms with van der Waals surface area (Å²) in [4.78, 5) is 29.3. The van der Waals surface area contributed by atoms with Crippen molar-refractivity contribution in [2.45, 2.75) is 17.9 Å². The Morgan fingerprint density at radius 2 is 1.82 bits per heavy atom. The number of ether oxygens (including phenoxy) is 3. The number of aromatic nitrogens is 1. The van der Waals surface area contributed by atoms with Crippen LogP contribution in [0.1, 0.15) is 16.8 Å². The highest BCUT2D eigenvalue weighted by Crippen LogP contribution is 2.37. The largest absolute Gasteiger partial charge is 0.469 e. The lowest BCUT2D eigenvalue weighted by molar-refractivity contribution is -0.140. The number of nitrogens with zero attached hydrogens (tertiary/aromatic N) is 3. The van der Waals surface area contributed by atoms with E-state index in [1.165, 1.54) is 56.8 Å². The minimum Gasteiger partial charge on any atom is -0.469 e. The summed E-state index contributed by atoms with van der Waals surface area (Å²) in [7, 11) is 0.577. The van der Waals surface area contributed by atoms with Crippen LogP contribution < -0.4 is 14.3 Å². The van der Waals surface area contributed by atoms with E-state index in [4.69, 9.17) is 14.2 Å². The maximum absolute atomic E-state index is 12.9. The Balaban J connectivity index is 1.74. The van der Waals surface area contributed by atoms with Crippen LogP contribution in [0.25, 0.3) is 10.2 Å². The Morgan fingerprint density at radius 3 is 2.45 bits per heavy atom. The minimum absolute atomic E-state index is 0.0774. The van der Waals surface area contributed by atoms with Crippen LogP contribution in [0.4, 0.5) is 0 Å². The molecule has 1 aliphatic rings. The van der Waals surface area contributed by atoms with Gasteiger partial charge in [0.05, 0.1) is 28.6 Å². The molecule has 0 spiro atoms. The molecule has 0 radical (unpaired) electrons. The first kappa shape index (κ1) is 23.0. The van der Waals surface area contributed by atoms with Gasteiger partial charge in [0.2, 0.25) is 16.8 Å². The van der Waals surface area contributed by atoms with Crippen LogP contribution in [0.2, 0.25) is 0 Å². The van der Waals surface area contributed by atoms with E-state index < -0.39 is 21.9 Å². The number of esters is 1. The van der Waals surface area contributed by atoms with Gasteiger partial charge in [-0.2, -0.15) is 4.99 Å².